The van der Waals surface area contributed by atoms with Gasteiger partial charge in [0, 0.05) is 11.5 Å². The van der Waals surface area contributed by atoms with Crippen molar-refractivity contribution in [3.8, 4) is 0 Å². The van der Waals surface area contributed by atoms with E-state index in [1.807, 2.05) is 23.5 Å². The van der Waals surface area contributed by atoms with E-state index in [0.29, 0.717) is 4.58 Å². The Morgan fingerprint density at radius 3 is 1.64 bits per heavy atom. The van der Waals surface area contributed by atoms with Gasteiger partial charge in [-0.2, -0.15) is 0 Å². The number of hydrogen-bond donors (Lipinski definition) is 0. The summed E-state index contributed by atoms with van der Waals surface area (Å²) in [6.07, 6.45) is 0. The second kappa shape index (κ2) is 9.17. The van der Waals surface area contributed by atoms with Gasteiger partial charge in [0.25, 0.3) is 0 Å². The molecule has 0 radical (unpaired) electrons. The molecule has 0 aliphatic rings. The van der Waals surface area contributed by atoms with Gasteiger partial charge < -0.3 is 0 Å². The van der Waals surface area contributed by atoms with Crippen LogP contribution in [0, 0.1) is 13.8 Å². The minimum Gasteiger partial charge on any atom is -0.138 e. The summed E-state index contributed by atoms with van der Waals surface area (Å²) in [4.78, 5) is 0. The minimum atomic E-state index is 0.447. The highest BCUT2D eigenvalue weighted by Gasteiger charge is 2.13. The zero-order valence-corrected chi connectivity index (χ0v) is 16.4. The van der Waals surface area contributed by atoms with Crippen molar-refractivity contribution in [1.29, 1.82) is 0 Å². The van der Waals surface area contributed by atoms with Gasteiger partial charge in [-0.25, -0.2) is 0 Å². The molecule has 0 bridgehead atoms. The monoisotopic (exact) mass is 364 g/mol. The molecule has 3 aromatic carbocycles. The largest absolute Gasteiger partial charge is 0.138 e. The second-order valence-corrected chi connectivity index (χ2v) is 8.83. The van der Waals surface area contributed by atoms with Crippen LogP contribution in [0.5, 0.6) is 0 Å². The molecule has 0 aliphatic carbocycles. The van der Waals surface area contributed by atoms with Crippen LogP contribution in [-0.2, 0) is 11.5 Å². The topological polar surface area (TPSA) is 0 Å². The van der Waals surface area contributed by atoms with Crippen LogP contribution < -0.4 is 0 Å². The lowest BCUT2D eigenvalue weighted by molar-refractivity contribution is 1.30. The van der Waals surface area contributed by atoms with Crippen molar-refractivity contribution in [2.45, 2.75) is 29.9 Å². The maximum Gasteiger partial charge on any atom is 0.0757 e. The van der Waals surface area contributed by atoms with E-state index in [-0.39, 0.29) is 0 Å². The molecule has 0 nitrogen and oxygen atoms in total. The smallest absolute Gasteiger partial charge is 0.0757 e. The summed E-state index contributed by atoms with van der Waals surface area (Å²) in [5.41, 5.74) is 6.88. The molecule has 0 aromatic heterocycles. The first-order chi connectivity index (χ1) is 12.2. The van der Waals surface area contributed by atoms with Gasteiger partial charge in [-0.1, -0.05) is 90.0 Å². The molecule has 25 heavy (non-hydrogen) atoms. The van der Waals surface area contributed by atoms with Crippen molar-refractivity contribution < 1.29 is 0 Å². The van der Waals surface area contributed by atoms with Crippen LogP contribution in [0.1, 0.15) is 32.4 Å². The highest BCUT2D eigenvalue weighted by molar-refractivity contribution is 8.15. The molecular weight excluding hydrogens is 340 g/mol. The second-order valence-electron chi connectivity index (χ2n) is 6.34. The first kappa shape index (κ1) is 18.2. The molecule has 0 fully saturated rings. The number of aryl methyl sites for hydroxylation is 2. The van der Waals surface area contributed by atoms with E-state index in [1.165, 1.54) is 27.8 Å². The normalized spacial score (nSPS) is 11.0. The molecule has 128 valence electrons. The van der Waals surface area contributed by atoms with Crippen molar-refractivity contribution in [3.05, 3.63) is 107 Å². The van der Waals surface area contributed by atoms with Gasteiger partial charge in [0.2, 0.25) is 0 Å². The molecule has 0 N–H and O–H groups in total. The van der Waals surface area contributed by atoms with Crippen LogP contribution in [0.2, 0.25) is 0 Å². The number of benzene rings is 3. The highest BCUT2D eigenvalue weighted by Crippen LogP contribution is 2.42. The maximum absolute atomic E-state index is 2.29. The third-order valence-electron chi connectivity index (χ3n) is 4.04. The number of hydrogen-bond acceptors (Lipinski definition) is 2. The molecule has 0 saturated heterocycles. The molecule has 0 spiro atoms. The third kappa shape index (κ3) is 5.69. The van der Waals surface area contributed by atoms with Crippen LogP contribution in [0.3, 0.4) is 0 Å². The van der Waals surface area contributed by atoms with Gasteiger partial charge in [-0.3, -0.25) is 0 Å². The maximum atomic E-state index is 2.29. The van der Waals surface area contributed by atoms with Crippen LogP contribution in [-0.4, -0.2) is 0 Å². The standard InChI is InChI=1S/C23H24S2/c1-18-8-6-10-20(14-18)16-24-23(22-12-4-3-5-13-22)25-17-21-11-7-9-19(2)15-21/h3-15,23H,16-17H2,1-2H3. The fraction of sp³-hybridized carbons (Fsp3) is 0.217. The summed E-state index contributed by atoms with van der Waals surface area (Å²) < 4.78 is 0.447. The van der Waals surface area contributed by atoms with Gasteiger partial charge in [-0.05, 0) is 30.5 Å². The van der Waals surface area contributed by atoms with Crippen molar-refractivity contribution >= 4 is 23.5 Å². The van der Waals surface area contributed by atoms with Gasteiger partial charge in [-0.15, -0.1) is 23.5 Å². The van der Waals surface area contributed by atoms with Crippen molar-refractivity contribution in [2.24, 2.45) is 0 Å². The van der Waals surface area contributed by atoms with Gasteiger partial charge in [0.15, 0.2) is 0 Å². The molecule has 0 heterocycles. The highest BCUT2D eigenvalue weighted by atomic mass is 32.2. The van der Waals surface area contributed by atoms with E-state index >= 15 is 0 Å². The van der Waals surface area contributed by atoms with E-state index < -0.39 is 0 Å². The van der Waals surface area contributed by atoms with E-state index in [2.05, 4.69) is 92.7 Å². The molecule has 3 rings (SSSR count). The Morgan fingerprint density at radius 1 is 0.640 bits per heavy atom. The molecule has 3 aromatic rings. The molecule has 0 amide bonds. The van der Waals surface area contributed by atoms with Crippen molar-refractivity contribution in [1.82, 2.24) is 0 Å². The molecule has 2 heteroatoms. The van der Waals surface area contributed by atoms with Crippen molar-refractivity contribution in [2.75, 3.05) is 0 Å². The molecule has 0 aliphatic heterocycles. The SMILES string of the molecule is Cc1cccc(CSC(SCc2cccc(C)c2)c2ccccc2)c1. The predicted molar refractivity (Wildman–Crippen MR) is 114 cm³/mol. The number of rotatable bonds is 7. The third-order valence-corrected chi connectivity index (χ3v) is 7.01. The lowest BCUT2D eigenvalue weighted by atomic mass is 10.2. The molecule has 0 atom stereocenters. The van der Waals surface area contributed by atoms with E-state index in [9.17, 15) is 0 Å². The van der Waals surface area contributed by atoms with Crippen LogP contribution in [0.25, 0.3) is 0 Å². The fourth-order valence-electron chi connectivity index (χ4n) is 2.80. The summed E-state index contributed by atoms with van der Waals surface area (Å²) in [6.45, 7) is 4.32. The minimum absolute atomic E-state index is 0.447. The fourth-order valence-corrected chi connectivity index (χ4v) is 5.34. The number of thioether (sulfide) groups is 2. The predicted octanol–water partition coefficient (Wildman–Crippen LogP) is 7.17. The first-order valence-corrected chi connectivity index (χ1v) is 10.7. The summed E-state index contributed by atoms with van der Waals surface area (Å²) >= 11 is 4.05. The van der Waals surface area contributed by atoms with Crippen LogP contribution in [0.4, 0.5) is 0 Å². The van der Waals surface area contributed by atoms with Gasteiger partial charge >= 0.3 is 0 Å². The zero-order valence-electron chi connectivity index (χ0n) is 14.8. The summed E-state index contributed by atoms with van der Waals surface area (Å²) in [6, 6.07) is 28.5. The Morgan fingerprint density at radius 2 is 1.16 bits per heavy atom. The van der Waals surface area contributed by atoms with Crippen molar-refractivity contribution in [3.63, 3.8) is 0 Å². The quantitative estimate of drug-likeness (QED) is 0.408. The lowest BCUT2D eigenvalue weighted by Crippen LogP contribution is -1.93. The van der Waals surface area contributed by atoms with Crippen LogP contribution in [0.15, 0.2) is 78.9 Å². The molecule has 0 unspecified atom stereocenters. The van der Waals surface area contributed by atoms with E-state index in [1.54, 1.807) is 0 Å². The van der Waals surface area contributed by atoms with Crippen LogP contribution >= 0.6 is 23.5 Å². The average molecular weight is 365 g/mol. The Balaban J connectivity index is 1.69. The Hall–Kier alpha value is -1.64. The van der Waals surface area contributed by atoms with Gasteiger partial charge in [0.1, 0.15) is 0 Å². The summed E-state index contributed by atoms with van der Waals surface area (Å²) in [5, 5.41) is 0. The van der Waals surface area contributed by atoms with E-state index in [4.69, 9.17) is 0 Å². The Bertz CT molecular complexity index is 746. The summed E-state index contributed by atoms with van der Waals surface area (Å²) in [5.74, 6) is 2.09. The zero-order chi connectivity index (χ0) is 17.5. The lowest BCUT2D eigenvalue weighted by Gasteiger charge is -2.17. The Kier molecular flexibility index (Phi) is 6.66. The molecular formula is C23H24S2. The summed E-state index contributed by atoms with van der Waals surface area (Å²) in [7, 11) is 0. The Labute approximate surface area is 160 Å². The van der Waals surface area contributed by atoms with E-state index in [0.717, 1.165) is 11.5 Å². The average Bonchev–Trinajstić information content (AvgIpc) is 2.63. The molecule has 0 saturated carbocycles. The van der Waals surface area contributed by atoms with Gasteiger partial charge in [0.05, 0.1) is 4.58 Å². The first-order valence-electron chi connectivity index (χ1n) is 8.60.